The monoisotopic (exact) mass is 818 g/mol. The zero-order valence-electron chi connectivity index (χ0n) is 35.8. The SMILES string of the molecule is CC/C=C/C/C=C/C/C=C/C/C=C/C/C=C/C/C=C/CCC(=O)OC[C@H](COP(=O)(O)OCCN)OC(=O)CCCCCCCCC/C=C/CCCCCCCC. The first-order valence-corrected chi connectivity index (χ1v) is 23.6. The fourth-order valence-electron chi connectivity index (χ4n) is 5.54. The summed E-state index contributed by atoms with van der Waals surface area (Å²) in [5, 5.41) is 0. The van der Waals surface area contributed by atoms with E-state index in [1.165, 1.54) is 64.2 Å². The van der Waals surface area contributed by atoms with E-state index in [-0.39, 0.29) is 32.6 Å². The van der Waals surface area contributed by atoms with Crippen LogP contribution in [0.1, 0.15) is 168 Å². The highest BCUT2D eigenvalue weighted by Crippen LogP contribution is 2.43. The number of phosphoric acid groups is 1. The molecular weight excluding hydrogens is 737 g/mol. The van der Waals surface area contributed by atoms with Crippen molar-refractivity contribution in [2.45, 2.75) is 174 Å². The Morgan fingerprint density at radius 2 is 1.00 bits per heavy atom. The highest BCUT2D eigenvalue weighted by Gasteiger charge is 2.25. The highest BCUT2D eigenvalue weighted by atomic mass is 31.2. The molecule has 0 aromatic carbocycles. The molecule has 0 fully saturated rings. The summed E-state index contributed by atoms with van der Waals surface area (Å²) in [4.78, 5) is 34.9. The Bertz CT molecular complexity index is 1210. The summed E-state index contributed by atoms with van der Waals surface area (Å²) in [6.07, 6.45) is 53.4. The number of allylic oxidation sites excluding steroid dienone is 14. The minimum Gasteiger partial charge on any atom is -0.462 e. The van der Waals surface area contributed by atoms with Crippen LogP contribution in [0.2, 0.25) is 0 Å². The number of carbonyl (C=O) groups is 2. The van der Waals surface area contributed by atoms with Crippen molar-refractivity contribution in [1.29, 1.82) is 0 Å². The van der Waals surface area contributed by atoms with E-state index in [2.05, 4.69) is 86.8 Å². The molecule has 0 aliphatic rings. The summed E-state index contributed by atoms with van der Waals surface area (Å²) in [6.45, 7) is 3.51. The Hall–Kier alpha value is -2.81. The van der Waals surface area contributed by atoms with E-state index in [9.17, 15) is 19.0 Å². The number of esters is 2. The molecule has 2 atom stereocenters. The van der Waals surface area contributed by atoms with Crippen LogP contribution in [0.25, 0.3) is 0 Å². The van der Waals surface area contributed by atoms with Crippen LogP contribution in [0, 0.1) is 0 Å². The lowest BCUT2D eigenvalue weighted by atomic mass is 10.1. The van der Waals surface area contributed by atoms with Crippen LogP contribution in [0.15, 0.2) is 85.1 Å². The van der Waals surface area contributed by atoms with Crippen molar-refractivity contribution in [3.63, 3.8) is 0 Å². The van der Waals surface area contributed by atoms with Crippen molar-refractivity contribution < 1.29 is 37.6 Å². The maximum atomic E-state index is 12.6. The minimum atomic E-state index is -4.40. The van der Waals surface area contributed by atoms with Crippen molar-refractivity contribution in [2.24, 2.45) is 5.73 Å². The molecule has 0 saturated heterocycles. The lowest BCUT2D eigenvalue weighted by molar-refractivity contribution is -0.161. The smallest absolute Gasteiger partial charge is 0.462 e. The molecule has 1 unspecified atom stereocenters. The van der Waals surface area contributed by atoms with Crippen LogP contribution in [0.5, 0.6) is 0 Å². The number of phosphoric ester groups is 1. The van der Waals surface area contributed by atoms with Gasteiger partial charge < -0.3 is 20.1 Å². The predicted octanol–water partition coefficient (Wildman–Crippen LogP) is 12.8. The van der Waals surface area contributed by atoms with E-state index in [0.29, 0.717) is 12.8 Å². The molecule has 0 aliphatic heterocycles. The average Bonchev–Trinajstić information content (AvgIpc) is 3.20. The van der Waals surface area contributed by atoms with Gasteiger partial charge in [0.15, 0.2) is 6.10 Å². The molecule has 0 aromatic rings. The molecule has 3 N–H and O–H groups in total. The fraction of sp³-hybridized carbons (Fsp3) is 0.660. The maximum absolute atomic E-state index is 12.6. The first kappa shape index (κ1) is 54.2. The molecule has 0 radical (unpaired) electrons. The first-order chi connectivity index (χ1) is 27.8. The van der Waals surface area contributed by atoms with Crippen molar-refractivity contribution in [3.8, 4) is 0 Å². The van der Waals surface area contributed by atoms with Crippen LogP contribution in [0.4, 0.5) is 0 Å². The number of carbonyl (C=O) groups excluding carboxylic acids is 2. The van der Waals surface area contributed by atoms with Crippen LogP contribution in [-0.4, -0.2) is 49.3 Å². The molecule has 0 rings (SSSR count). The topological polar surface area (TPSA) is 134 Å². The summed E-state index contributed by atoms with van der Waals surface area (Å²) < 4.78 is 32.7. The third kappa shape index (κ3) is 42.6. The van der Waals surface area contributed by atoms with Crippen molar-refractivity contribution >= 4 is 19.8 Å². The van der Waals surface area contributed by atoms with E-state index in [1.807, 2.05) is 12.2 Å². The van der Waals surface area contributed by atoms with Crippen molar-refractivity contribution in [2.75, 3.05) is 26.4 Å². The lowest BCUT2D eigenvalue weighted by Crippen LogP contribution is -2.29. The zero-order chi connectivity index (χ0) is 41.8. The zero-order valence-corrected chi connectivity index (χ0v) is 36.7. The van der Waals surface area contributed by atoms with E-state index >= 15 is 0 Å². The number of ether oxygens (including phenoxy) is 2. The largest absolute Gasteiger partial charge is 0.472 e. The van der Waals surface area contributed by atoms with Gasteiger partial charge in [-0.25, -0.2) is 4.57 Å². The summed E-state index contributed by atoms with van der Waals surface area (Å²) in [7, 11) is -4.40. The average molecular weight is 818 g/mol. The number of nitrogens with two attached hydrogens (primary N) is 1. The van der Waals surface area contributed by atoms with Gasteiger partial charge in [-0.05, 0) is 77.0 Å². The van der Waals surface area contributed by atoms with Gasteiger partial charge in [0, 0.05) is 19.4 Å². The summed E-state index contributed by atoms with van der Waals surface area (Å²) in [6, 6.07) is 0. The quantitative estimate of drug-likeness (QED) is 0.0268. The molecule has 0 heterocycles. The highest BCUT2D eigenvalue weighted by molar-refractivity contribution is 7.47. The fourth-order valence-corrected chi connectivity index (χ4v) is 6.30. The van der Waals surface area contributed by atoms with Gasteiger partial charge in [0.2, 0.25) is 0 Å². The third-order valence-corrected chi connectivity index (χ3v) is 9.76. The normalized spacial score (nSPS) is 14.1. The second kappa shape index (κ2) is 42.8. The van der Waals surface area contributed by atoms with Gasteiger partial charge in [-0.2, -0.15) is 0 Å². The number of hydrogen-bond acceptors (Lipinski definition) is 8. The van der Waals surface area contributed by atoms with E-state index < -0.39 is 32.5 Å². The molecular formula is C47H80NO8P. The molecule has 0 bridgehead atoms. The lowest BCUT2D eigenvalue weighted by Gasteiger charge is -2.19. The van der Waals surface area contributed by atoms with Gasteiger partial charge in [0.25, 0.3) is 0 Å². The maximum Gasteiger partial charge on any atom is 0.472 e. The van der Waals surface area contributed by atoms with Crippen molar-refractivity contribution in [1.82, 2.24) is 0 Å². The van der Waals surface area contributed by atoms with Crippen LogP contribution >= 0.6 is 7.82 Å². The Morgan fingerprint density at radius 3 is 1.51 bits per heavy atom. The molecule has 0 spiro atoms. The Balaban J connectivity index is 4.29. The Morgan fingerprint density at radius 1 is 0.544 bits per heavy atom. The molecule has 9 nitrogen and oxygen atoms in total. The van der Waals surface area contributed by atoms with Gasteiger partial charge in [-0.3, -0.25) is 18.6 Å². The number of hydrogen-bond donors (Lipinski definition) is 2. The minimum absolute atomic E-state index is 0.0391. The number of rotatable bonds is 40. The van der Waals surface area contributed by atoms with Gasteiger partial charge in [-0.15, -0.1) is 0 Å². The standard InChI is InChI=1S/C47H80NO8P/c1-3-5-7-9-11-13-15-17-19-21-22-24-25-27-29-31-33-35-37-39-46(49)53-43-45(44-55-57(51,52)54-42-41-48)56-47(50)40-38-36-34-32-30-28-26-23-20-18-16-14-12-10-8-6-4-2/h5,7,11,13,17-20,22,24,27,29,33,35,45H,3-4,6,8-10,12,14-16,21,23,25-26,28,30-32,34,36-44,48H2,1-2H3,(H,51,52)/b7-5+,13-11+,19-17+,20-18+,24-22+,29-27+,35-33+/t45-/m1/s1. The van der Waals surface area contributed by atoms with Gasteiger partial charge in [0.05, 0.1) is 13.2 Å². The molecule has 0 saturated carbocycles. The van der Waals surface area contributed by atoms with Crippen molar-refractivity contribution in [3.05, 3.63) is 85.1 Å². The van der Waals surface area contributed by atoms with Crippen LogP contribution < -0.4 is 5.73 Å². The molecule has 0 aliphatic carbocycles. The third-order valence-electron chi connectivity index (χ3n) is 8.78. The Kier molecular flexibility index (Phi) is 40.7. The molecule has 10 heteroatoms. The summed E-state index contributed by atoms with van der Waals surface area (Å²) in [5.41, 5.74) is 5.34. The molecule has 326 valence electrons. The Labute approximate surface area is 347 Å². The first-order valence-electron chi connectivity index (χ1n) is 22.1. The molecule has 0 amide bonds. The van der Waals surface area contributed by atoms with Crippen LogP contribution in [0.3, 0.4) is 0 Å². The van der Waals surface area contributed by atoms with Gasteiger partial charge >= 0.3 is 19.8 Å². The molecule has 57 heavy (non-hydrogen) atoms. The van der Waals surface area contributed by atoms with Gasteiger partial charge in [0.1, 0.15) is 6.61 Å². The van der Waals surface area contributed by atoms with Gasteiger partial charge in [-0.1, -0.05) is 163 Å². The molecule has 0 aromatic heterocycles. The summed E-state index contributed by atoms with van der Waals surface area (Å²) >= 11 is 0. The van der Waals surface area contributed by atoms with E-state index in [0.717, 1.165) is 64.2 Å². The van der Waals surface area contributed by atoms with E-state index in [4.69, 9.17) is 24.3 Å². The predicted molar refractivity (Wildman–Crippen MR) is 238 cm³/mol. The number of unbranched alkanes of at least 4 members (excludes halogenated alkanes) is 13. The van der Waals surface area contributed by atoms with E-state index in [1.54, 1.807) is 0 Å². The second-order valence-electron chi connectivity index (χ2n) is 14.2. The summed E-state index contributed by atoms with van der Waals surface area (Å²) in [5.74, 6) is -0.938. The van der Waals surface area contributed by atoms with Crippen LogP contribution in [-0.2, 0) is 32.7 Å². The second-order valence-corrected chi connectivity index (χ2v) is 15.6.